The molecule has 96 valence electrons. The second-order valence-electron chi connectivity index (χ2n) is 3.80. The molecule has 0 unspecified atom stereocenters. The molecule has 0 fully saturated rings. The third-order valence-corrected chi connectivity index (χ3v) is 4.38. The van der Waals surface area contributed by atoms with E-state index in [1.54, 1.807) is 6.92 Å². The summed E-state index contributed by atoms with van der Waals surface area (Å²) in [6.07, 6.45) is 0.866. The van der Waals surface area contributed by atoms with Crippen molar-refractivity contribution >= 4 is 38.8 Å². The zero-order valence-electron chi connectivity index (χ0n) is 10.4. The largest absolute Gasteiger partial charge is 0.375 e. The minimum absolute atomic E-state index is 0.196. The van der Waals surface area contributed by atoms with E-state index in [0.717, 1.165) is 17.0 Å². The predicted molar refractivity (Wildman–Crippen MR) is 75.4 cm³/mol. The van der Waals surface area contributed by atoms with E-state index in [9.17, 15) is 4.79 Å². The number of nitrogens with two attached hydrogens (primary N) is 1. The Bertz CT molecular complexity index is 588. The first-order chi connectivity index (χ1) is 8.51. The highest BCUT2D eigenvalue weighted by Gasteiger charge is 2.16. The second-order valence-corrected chi connectivity index (χ2v) is 6.03. The number of hydrogen-bond donors (Lipinski definition) is 2. The molecule has 0 bridgehead atoms. The molecular formula is C11H14N4OS2. The van der Waals surface area contributed by atoms with Crippen LogP contribution in [0, 0.1) is 13.8 Å². The Hall–Kier alpha value is -1.47. The first kappa shape index (κ1) is 13.0. The van der Waals surface area contributed by atoms with E-state index in [1.165, 1.54) is 22.7 Å². The number of carbonyl (C=O) groups is 1. The van der Waals surface area contributed by atoms with Crippen molar-refractivity contribution in [3.05, 3.63) is 21.1 Å². The number of aryl methyl sites for hydroxylation is 3. The zero-order chi connectivity index (χ0) is 13.3. The lowest BCUT2D eigenvalue weighted by Gasteiger charge is -1.98. The van der Waals surface area contributed by atoms with Crippen LogP contribution in [0.25, 0.3) is 0 Å². The Morgan fingerprint density at radius 3 is 2.56 bits per heavy atom. The van der Waals surface area contributed by atoms with Crippen molar-refractivity contribution in [3.8, 4) is 0 Å². The molecule has 2 aromatic rings. The van der Waals surface area contributed by atoms with E-state index >= 15 is 0 Å². The molecule has 7 heteroatoms. The second kappa shape index (κ2) is 5.03. The summed E-state index contributed by atoms with van der Waals surface area (Å²) >= 11 is 2.67. The number of hydrogen-bond acceptors (Lipinski definition) is 6. The molecule has 0 atom stereocenters. The smallest absolute Gasteiger partial charge is 0.269 e. The van der Waals surface area contributed by atoms with Gasteiger partial charge in [-0.15, -0.1) is 11.3 Å². The molecule has 1 amide bonds. The van der Waals surface area contributed by atoms with Crippen molar-refractivity contribution in [1.29, 1.82) is 0 Å². The monoisotopic (exact) mass is 282 g/mol. The molecule has 2 rings (SSSR count). The topological polar surface area (TPSA) is 80.9 Å². The SMILES string of the molecule is CCc1nc(NC(=O)c2sc(N)nc2C)sc1C. The van der Waals surface area contributed by atoms with Gasteiger partial charge < -0.3 is 5.73 Å². The molecule has 3 N–H and O–H groups in total. The predicted octanol–water partition coefficient (Wildman–Crippen LogP) is 2.61. The first-order valence-corrected chi connectivity index (χ1v) is 7.15. The number of anilines is 2. The zero-order valence-corrected chi connectivity index (χ0v) is 12.0. The first-order valence-electron chi connectivity index (χ1n) is 5.51. The van der Waals surface area contributed by atoms with E-state index in [-0.39, 0.29) is 5.91 Å². The summed E-state index contributed by atoms with van der Waals surface area (Å²) in [5.41, 5.74) is 7.25. The van der Waals surface area contributed by atoms with Gasteiger partial charge in [-0.25, -0.2) is 9.97 Å². The summed E-state index contributed by atoms with van der Waals surface area (Å²) in [6, 6.07) is 0. The van der Waals surface area contributed by atoms with Crippen LogP contribution in [0.4, 0.5) is 10.3 Å². The fraction of sp³-hybridized carbons (Fsp3) is 0.364. The number of nitrogen functional groups attached to an aromatic ring is 1. The van der Waals surface area contributed by atoms with Gasteiger partial charge in [-0.1, -0.05) is 18.3 Å². The van der Waals surface area contributed by atoms with Crippen LogP contribution in [0.1, 0.15) is 32.9 Å². The summed E-state index contributed by atoms with van der Waals surface area (Å²) in [4.78, 5) is 22.1. The summed E-state index contributed by atoms with van der Waals surface area (Å²) < 4.78 is 0. The molecule has 5 nitrogen and oxygen atoms in total. The van der Waals surface area contributed by atoms with Gasteiger partial charge in [-0.05, 0) is 20.3 Å². The van der Waals surface area contributed by atoms with Crippen molar-refractivity contribution in [2.75, 3.05) is 11.1 Å². The average Bonchev–Trinajstić information content (AvgIpc) is 2.81. The van der Waals surface area contributed by atoms with Crippen molar-refractivity contribution < 1.29 is 4.79 Å². The average molecular weight is 282 g/mol. The summed E-state index contributed by atoms with van der Waals surface area (Å²) in [7, 11) is 0. The van der Waals surface area contributed by atoms with Crippen LogP contribution < -0.4 is 11.1 Å². The maximum absolute atomic E-state index is 12.0. The third-order valence-electron chi connectivity index (χ3n) is 2.47. The van der Waals surface area contributed by atoms with Gasteiger partial charge in [0.25, 0.3) is 5.91 Å². The van der Waals surface area contributed by atoms with Crippen LogP contribution in [0.2, 0.25) is 0 Å². The molecular weight excluding hydrogens is 268 g/mol. The number of nitrogens with one attached hydrogen (secondary N) is 1. The number of rotatable bonds is 3. The fourth-order valence-corrected chi connectivity index (χ4v) is 3.22. The van der Waals surface area contributed by atoms with Gasteiger partial charge in [0.2, 0.25) is 0 Å². The Morgan fingerprint density at radius 2 is 2.06 bits per heavy atom. The highest BCUT2D eigenvalue weighted by Crippen LogP contribution is 2.25. The molecule has 0 aromatic carbocycles. The quantitative estimate of drug-likeness (QED) is 0.906. The molecule has 0 radical (unpaired) electrons. The van der Waals surface area contributed by atoms with Crippen molar-refractivity contribution in [2.45, 2.75) is 27.2 Å². The molecule has 0 aliphatic heterocycles. The third kappa shape index (κ3) is 2.51. The number of thiazole rings is 2. The van der Waals surface area contributed by atoms with Gasteiger partial charge in [-0.2, -0.15) is 0 Å². The van der Waals surface area contributed by atoms with Gasteiger partial charge in [0, 0.05) is 4.88 Å². The van der Waals surface area contributed by atoms with Gasteiger partial charge in [0.1, 0.15) is 4.88 Å². The summed E-state index contributed by atoms with van der Waals surface area (Å²) in [5.74, 6) is -0.196. The molecule has 18 heavy (non-hydrogen) atoms. The minimum atomic E-state index is -0.196. The molecule has 2 aromatic heterocycles. The van der Waals surface area contributed by atoms with Gasteiger partial charge in [0.05, 0.1) is 11.4 Å². The highest BCUT2D eigenvalue weighted by molar-refractivity contribution is 7.18. The molecule has 0 aliphatic rings. The maximum atomic E-state index is 12.0. The van der Waals surface area contributed by atoms with Crippen LogP contribution in [0.3, 0.4) is 0 Å². The van der Waals surface area contributed by atoms with E-state index in [1.807, 2.05) is 13.8 Å². The normalized spacial score (nSPS) is 10.6. The molecule has 0 spiro atoms. The number of aromatic nitrogens is 2. The van der Waals surface area contributed by atoms with Crippen LogP contribution in [-0.2, 0) is 6.42 Å². The Labute approximate surface area is 113 Å². The van der Waals surface area contributed by atoms with Crippen molar-refractivity contribution in [3.63, 3.8) is 0 Å². The van der Waals surface area contributed by atoms with E-state index in [0.29, 0.717) is 20.8 Å². The van der Waals surface area contributed by atoms with Crippen molar-refractivity contribution in [1.82, 2.24) is 9.97 Å². The Balaban J connectivity index is 2.18. The van der Waals surface area contributed by atoms with E-state index in [2.05, 4.69) is 15.3 Å². The Kier molecular flexibility index (Phi) is 3.63. The lowest BCUT2D eigenvalue weighted by Crippen LogP contribution is -2.11. The van der Waals surface area contributed by atoms with Crippen molar-refractivity contribution in [2.24, 2.45) is 0 Å². The van der Waals surface area contributed by atoms with E-state index < -0.39 is 0 Å². The van der Waals surface area contributed by atoms with E-state index in [4.69, 9.17) is 5.73 Å². The minimum Gasteiger partial charge on any atom is -0.375 e. The van der Waals surface area contributed by atoms with Gasteiger partial charge >= 0.3 is 0 Å². The lowest BCUT2D eigenvalue weighted by molar-refractivity contribution is 0.103. The number of carbonyl (C=O) groups excluding carboxylic acids is 1. The molecule has 2 heterocycles. The van der Waals surface area contributed by atoms with Crippen LogP contribution in [0.5, 0.6) is 0 Å². The molecule has 0 saturated heterocycles. The fourth-order valence-electron chi connectivity index (χ4n) is 1.59. The van der Waals surface area contributed by atoms with Gasteiger partial charge in [0.15, 0.2) is 10.3 Å². The molecule has 0 aliphatic carbocycles. The van der Waals surface area contributed by atoms with Gasteiger partial charge in [-0.3, -0.25) is 10.1 Å². The highest BCUT2D eigenvalue weighted by atomic mass is 32.1. The van der Waals surface area contributed by atoms with Crippen LogP contribution in [0.15, 0.2) is 0 Å². The van der Waals surface area contributed by atoms with Crippen LogP contribution >= 0.6 is 22.7 Å². The maximum Gasteiger partial charge on any atom is 0.269 e. The Morgan fingerprint density at radius 1 is 1.33 bits per heavy atom. The summed E-state index contributed by atoms with van der Waals surface area (Å²) in [5, 5.41) is 3.82. The standard InChI is InChI=1S/C11H14N4OS2/c1-4-7-6(3)17-11(14-7)15-9(16)8-5(2)13-10(12)18-8/h4H2,1-3H3,(H2,12,13)(H,14,15,16). The lowest BCUT2D eigenvalue weighted by atomic mass is 10.3. The number of nitrogens with zero attached hydrogens (tertiary/aromatic N) is 2. The van der Waals surface area contributed by atoms with Crippen LogP contribution in [-0.4, -0.2) is 15.9 Å². The molecule has 0 saturated carbocycles. The summed E-state index contributed by atoms with van der Waals surface area (Å²) in [6.45, 7) is 5.82. The number of amides is 1.